The average Bonchev–Trinajstić information content (AvgIpc) is 2.11. The molecule has 0 heterocycles. The molecule has 1 aromatic rings. The molecule has 0 atom stereocenters. The topological polar surface area (TPSA) is 0 Å². The minimum absolute atomic E-state index is 0. The van der Waals surface area contributed by atoms with Crippen molar-refractivity contribution in [2.75, 3.05) is 0 Å². The molecule has 0 nitrogen and oxygen atoms in total. The Bertz CT molecular complexity index is 247. The molecule has 0 bridgehead atoms. The van der Waals surface area contributed by atoms with Crippen LogP contribution in [0.15, 0.2) is 12.1 Å². The third-order valence-corrected chi connectivity index (χ3v) is 4.25. The minimum atomic E-state index is -1.04. The van der Waals surface area contributed by atoms with E-state index in [9.17, 15) is 0 Å². The van der Waals surface area contributed by atoms with Crippen LogP contribution < -0.4 is 42.4 Å². The number of aryl methyl sites for hydroxylation is 2. The van der Waals surface area contributed by atoms with Gasteiger partial charge in [-0.15, -0.1) is 0 Å². The van der Waals surface area contributed by atoms with Crippen LogP contribution in [0, 0.1) is 13.8 Å². The molecule has 0 spiro atoms. The van der Waals surface area contributed by atoms with Crippen molar-refractivity contribution < 1.29 is 58.9 Å². The quantitative estimate of drug-likeness (QED) is 0.357. The van der Waals surface area contributed by atoms with E-state index in [0.29, 0.717) is 0 Å². The summed E-state index contributed by atoms with van der Waals surface area (Å²) in [7, 11) is -1.04. The van der Waals surface area contributed by atoms with E-state index in [1.807, 2.05) is 0 Å². The average molecular weight is 320 g/mol. The van der Waals surface area contributed by atoms with Gasteiger partial charge in [-0.1, -0.05) is 33.5 Å². The summed E-state index contributed by atoms with van der Waals surface area (Å²) in [6.45, 7) is 11.6. The Hall–Kier alpha value is 1.15. The van der Waals surface area contributed by atoms with Crippen LogP contribution in [-0.2, 0) is 21.7 Å². The van der Waals surface area contributed by atoms with Crippen molar-refractivity contribution >= 4 is 13.3 Å². The Kier molecular flexibility index (Phi) is 15.4. The van der Waals surface area contributed by atoms with Crippen molar-refractivity contribution in [3.8, 4) is 0 Å². The SMILES string of the molecule is Cc1cc([Si](C)(C)C)c[c-]1C.[Cl-].[Cl-].[Cl-].[Ti+4]. The van der Waals surface area contributed by atoms with Gasteiger partial charge >= 0.3 is 21.7 Å². The molecule has 0 aliphatic rings. The monoisotopic (exact) mass is 318 g/mol. The Balaban J connectivity index is -0.000000151. The van der Waals surface area contributed by atoms with Crippen LogP contribution in [0.1, 0.15) is 11.1 Å². The first-order valence-electron chi connectivity index (χ1n) is 4.15. The van der Waals surface area contributed by atoms with E-state index in [2.05, 4.69) is 45.6 Å². The zero-order valence-electron chi connectivity index (χ0n) is 9.79. The molecule has 1 rings (SSSR count). The van der Waals surface area contributed by atoms with Crippen LogP contribution in [0.2, 0.25) is 19.6 Å². The van der Waals surface area contributed by atoms with Crippen molar-refractivity contribution in [1.29, 1.82) is 0 Å². The fourth-order valence-electron chi connectivity index (χ4n) is 1.17. The van der Waals surface area contributed by atoms with Crippen molar-refractivity contribution in [2.45, 2.75) is 33.5 Å². The Morgan fingerprint density at radius 2 is 1.47 bits per heavy atom. The molecule has 0 amide bonds. The van der Waals surface area contributed by atoms with E-state index in [1.165, 1.54) is 11.1 Å². The van der Waals surface area contributed by atoms with Gasteiger partial charge < -0.3 is 37.2 Å². The summed E-state index contributed by atoms with van der Waals surface area (Å²) in [6, 6.07) is 4.70. The maximum absolute atomic E-state index is 2.39. The van der Waals surface area contributed by atoms with Crippen molar-refractivity contribution in [3.05, 3.63) is 23.3 Å². The first kappa shape index (κ1) is 25.1. The third-order valence-electron chi connectivity index (χ3n) is 2.23. The van der Waals surface area contributed by atoms with E-state index in [-0.39, 0.29) is 58.9 Å². The maximum Gasteiger partial charge on any atom is 4.00 e. The van der Waals surface area contributed by atoms with Crippen LogP contribution in [0.5, 0.6) is 0 Å². The summed E-state index contributed by atoms with van der Waals surface area (Å²) in [4.78, 5) is 0. The van der Waals surface area contributed by atoms with Gasteiger partial charge in [-0.2, -0.15) is 17.2 Å². The molecule has 0 aliphatic carbocycles. The summed E-state index contributed by atoms with van der Waals surface area (Å²) in [5.74, 6) is 0. The first-order chi connectivity index (χ1) is 4.91. The second-order valence-corrected chi connectivity index (χ2v) is 9.44. The molecule has 0 aromatic heterocycles. The van der Waals surface area contributed by atoms with Crippen LogP contribution >= 0.6 is 0 Å². The van der Waals surface area contributed by atoms with Gasteiger partial charge in [0.1, 0.15) is 0 Å². The summed E-state index contributed by atoms with van der Waals surface area (Å²) in [6.07, 6.45) is 0. The predicted molar refractivity (Wildman–Crippen MR) is 54.5 cm³/mol. The summed E-state index contributed by atoms with van der Waals surface area (Å²) in [5.41, 5.74) is 2.89. The van der Waals surface area contributed by atoms with E-state index < -0.39 is 8.07 Å². The molecule has 15 heavy (non-hydrogen) atoms. The van der Waals surface area contributed by atoms with Crippen LogP contribution in [0.3, 0.4) is 0 Å². The van der Waals surface area contributed by atoms with Crippen LogP contribution in [0.4, 0.5) is 0 Å². The van der Waals surface area contributed by atoms with Gasteiger partial charge in [0.05, 0.1) is 0 Å². The number of halogens is 3. The van der Waals surface area contributed by atoms with Crippen LogP contribution in [-0.4, -0.2) is 8.07 Å². The van der Waals surface area contributed by atoms with Gasteiger partial charge in [-0.05, 0) is 0 Å². The predicted octanol–water partition coefficient (Wildman–Crippen LogP) is -6.42. The molecule has 0 radical (unpaired) electrons. The van der Waals surface area contributed by atoms with E-state index in [1.54, 1.807) is 5.19 Å². The molecular formula is C10H17Cl3SiTi. The Morgan fingerprint density at radius 1 is 1.07 bits per heavy atom. The van der Waals surface area contributed by atoms with Gasteiger partial charge in [0.15, 0.2) is 0 Å². The summed E-state index contributed by atoms with van der Waals surface area (Å²) >= 11 is 0. The van der Waals surface area contributed by atoms with Crippen LogP contribution in [0.25, 0.3) is 0 Å². The second kappa shape index (κ2) is 9.21. The summed E-state index contributed by atoms with van der Waals surface area (Å²) in [5, 5.41) is 1.59. The molecule has 5 heteroatoms. The van der Waals surface area contributed by atoms with E-state index >= 15 is 0 Å². The zero-order chi connectivity index (χ0) is 8.65. The van der Waals surface area contributed by atoms with Gasteiger partial charge in [-0.3, -0.25) is 0 Å². The molecule has 0 saturated carbocycles. The Labute approximate surface area is 128 Å². The smallest absolute Gasteiger partial charge is 1.00 e. The fourth-order valence-corrected chi connectivity index (χ4v) is 2.47. The molecule has 0 fully saturated rings. The van der Waals surface area contributed by atoms with Crippen molar-refractivity contribution in [2.24, 2.45) is 0 Å². The molecule has 0 unspecified atom stereocenters. The largest absolute Gasteiger partial charge is 4.00 e. The fraction of sp³-hybridized carbons (Fsp3) is 0.500. The molecule has 86 valence electrons. The minimum Gasteiger partial charge on any atom is -1.00 e. The van der Waals surface area contributed by atoms with Gasteiger partial charge in [0.2, 0.25) is 0 Å². The maximum atomic E-state index is 2.39. The second-order valence-electron chi connectivity index (χ2n) is 4.36. The number of rotatable bonds is 1. The zero-order valence-corrected chi connectivity index (χ0v) is 14.6. The first-order valence-corrected chi connectivity index (χ1v) is 7.65. The van der Waals surface area contributed by atoms with Gasteiger partial charge in [0, 0.05) is 8.07 Å². The summed E-state index contributed by atoms with van der Waals surface area (Å²) < 4.78 is 0. The standard InChI is InChI=1S/C10H17Si.3ClH.Ti/c1-8-6-10(7-9(8)2)11(3,4)5;;;;/h6-7H,1-5H3;3*1H;/q-1;;;;+4/p-3. The normalized spacial score (nSPS) is 8.87. The van der Waals surface area contributed by atoms with E-state index in [4.69, 9.17) is 0 Å². The molecule has 1 aromatic carbocycles. The number of hydrogen-bond donors (Lipinski definition) is 0. The van der Waals surface area contributed by atoms with Gasteiger partial charge in [0.25, 0.3) is 0 Å². The van der Waals surface area contributed by atoms with Gasteiger partial charge in [-0.25, -0.2) is 11.3 Å². The molecular weight excluding hydrogens is 302 g/mol. The molecule has 0 saturated heterocycles. The molecule has 0 aliphatic heterocycles. The third kappa shape index (κ3) is 7.14. The van der Waals surface area contributed by atoms with E-state index in [0.717, 1.165) is 0 Å². The Morgan fingerprint density at radius 3 is 1.60 bits per heavy atom. The van der Waals surface area contributed by atoms with Crippen molar-refractivity contribution in [1.82, 2.24) is 0 Å². The van der Waals surface area contributed by atoms with Crippen molar-refractivity contribution in [3.63, 3.8) is 0 Å². The molecule has 0 N–H and O–H groups in total. The number of hydrogen-bond acceptors (Lipinski definition) is 0.